The second-order valence-electron chi connectivity index (χ2n) is 11.3. The third-order valence-corrected chi connectivity index (χ3v) is 9.66. The van der Waals surface area contributed by atoms with Crippen molar-refractivity contribution in [3.05, 3.63) is 11.6 Å². The molecule has 2 heteroatoms. The fourth-order valence-corrected chi connectivity index (χ4v) is 7.98. The number of Topliss-reactive ketones (excluding diaryl/α,β-unsaturated/α-hetero) is 1. The number of rotatable bonds is 4. The monoisotopic (exact) mass is 372 g/mol. The first-order valence-corrected chi connectivity index (χ1v) is 11.6. The first-order valence-electron chi connectivity index (χ1n) is 11.6. The number of fused-ring (bicyclic) bond motifs is 5. The standard InChI is InChI=1S/C25H40O2/c1-17(26)6-5-7-18-9-11-21-20-10-8-19-16-23(2,27)14-15-25(19,4)22(20)12-13-24(18,21)3/h8,18,20-22,27H,5-7,9-16H2,1-4H3/t18-,20-,21-,22-,23-,24+,25-/m0/s1. The van der Waals surface area contributed by atoms with Crippen molar-refractivity contribution in [3.63, 3.8) is 0 Å². The van der Waals surface area contributed by atoms with Crippen molar-refractivity contribution >= 4 is 5.78 Å². The molecular weight excluding hydrogens is 332 g/mol. The summed E-state index contributed by atoms with van der Waals surface area (Å²) >= 11 is 0. The van der Waals surface area contributed by atoms with Crippen molar-refractivity contribution in [2.24, 2.45) is 34.5 Å². The van der Waals surface area contributed by atoms with E-state index in [0.717, 1.165) is 49.4 Å². The summed E-state index contributed by atoms with van der Waals surface area (Å²) in [7, 11) is 0. The van der Waals surface area contributed by atoms with Gasteiger partial charge in [-0.3, -0.25) is 0 Å². The van der Waals surface area contributed by atoms with Gasteiger partial charge in [0.25, 0.3) is 0 Å². The number of carbonyl (C=O) groups is 1. The molecular formula is C25H40O2. The van der Waals surface area contributed by atoms with Crippen LogP contribution in [0.1, 0.15) is 98.3 Å². The highest BCUT2D eigenvalue weighted by Crippen LogP contribution is 2.67. The summed E-state index contributed by atoms with van der Waals surface area (Å²) < 4.78 is 0. The van der Waals surface area contributed by atoms with Gasteiger partial charge in [-0.15, -0.1) is 0 Å². The Morgan fingerprint density at radius 2 is 1.89 bits per heavy atom. The van der Waals surface area contributed by atoms with Crippen molar-refractivity contribution in [2.45, 2.75) is 104 Å². The highest BCUT2D eigenvalue weighted by atomic mass is 16.3. The van der Waals surface area contributed by atoms with E-state index in [2.05, 4.69) is 19.9 Å². The molecule has 0 saturated heterocycles. The van der Waals surface area contributed by atoms with E-state index in [9.17, 15) is 9.90 Å². The summed E-state index contributed by atoms with van der Waals surface area (Å²) in [5, 5.41) is 10.6. The van der Waals surface area contributed by atoms with Gasteiger partial charge in [-0.25, -0.2) is 0 Å². The molecule has 0 aromatic rings. The summed E-state index contributed by atoms with van der Waals surface area (Å²) in [4.78, 5) is 11.4. The van der Waals surface area contributed by atoms with Gasteiger partial charge in [0.2, 0.25) is 0 Å². The molecule has 7 atom stereocenters. The Bertz CT molecular complexity index is 632. The zero-order chi connectivity index (χ0) is 19.4. The van der Waals surface area contributed by atoms with Crippen molar-refractivity contribution in [1.29, 1.82) is 0 Å². The molecule has 0 bridgehead atoms. The van der Waals surface area contributed by atoms with Gasteiger partial charge in [0.15, 0.2) is 0 Å². The number of allylic oxidation sites excluding steroid dienone is 1. The molecule has 0 heterocycles. The number of hydrogen-bond donors (Lipinski definition) is 1. The van der Waals surface area contributed by atoms with Crippen LogP contribution in [-0.4, -0.2) is 16.5 Å². The summed E-state index contributed by atoms with van der Waals surface area (Å²) in [6.45, 7) is 8.87. The number of ketones is 1. The third kappa shape index (κ3) is 3.24. The van der Waals surface area contributed by atoms with Crippen LogP contribution in [0.4, 0.5) is 0 Å². The van der Waals surface area contributed by atoms with Gasteiger partial charge in [-0.2, -0.15) is 0 Å². The normalized spacial score (nSPS) is 49.0. The maximum absolute atomic E-state index is 11.4. The molecule has 0 unspecified atom stereocenters. The minimum atomic E-state index is -0.490. The number of carbonyl (C=O) groups excluding carboxylic acids is 1. The van der Waals surface area contributed by atoms with Crippen LogP contribution in [-0.2, 0) is 4.79 Å². The van der Waals surface area contributed by atoms with Crippen LogP contribution in [0.3, 0.4) is 0 Å². The average Bonchev–Trinajstić information content (AvgIpc) is 2.92. The lowest BCUT2D eigenvalue weighted by Gasteiger charge is -2.59. The van der Waals surface area contributed by atoms with Gasteiger partial charge in [-0.1, -0.05) is 25.5 Å². The average molecular weight is 373 g/mol. The minimum absolute atomic E-state index is 0.333. The van der Waals surface area contributed by atoms with Gasteiger partial charge in [-0.05, 0) is 113 Å². The fourth-order valence-electron chi connectivity index (χ4n) is 7.98. The van der Waals surface area contributed by atoms with Crippen molar-refractivity contribution in [1.82, 2.24) is 0 Å². The Hall–Kier alpha value is -0.630. The molecule has 2 nitrogen and oxygen atoms in total. The zero-order valence-electron chi connectivity index (χ0n) is 18.0. The molecule has 0 amide bonds. The summed E-state index contributed by atoms with van der Waals surface area (Å²) in [6, 6.07) is 0. The van der Waals surface area contributed by atoms with Gasteiger partial charge < -0.3 is 9.90 Å². The maximum atomic E-state index is 11.4. The van der Waals surface area contributed by atoms with E-state index in [1.54, 1.807) is 12.5 Å². The van der Waals surface area contributed by atoms with Crippen LogP contribution in [0.25, 0.3) is 0 Å². The fraction of sp³-hybridized carbons (Fsp3) is 0.880. The Kier molecular flexibility index (Phi) is 4.89. The van der Waals surface area contributed by atoms with Crippen LogP contribution in [0.15, 0.2) is 11.6 Å². The number of hydrogen-bond acceptors (Lipinski definition) is 2. The molecule has 0 aliphatic heterocycles. The molecule has 0 aromatic carbocycles. The molecule has 1 N–H and O–H groups in total. The molecule has 0 spiro atoms. The molecule has 4 aliphatic carbocycles. The lowest BCUT2D eigenvalue weighted by Crippen LogP contribution is -2.51. The van der Waals surface area contributed by atoms with E-state index in [1.165, 1.54) is 44.9 Å². The zero-order valence-corrected chi connectivity index (χ0v) is 18.0. The minimum Gasteiger partial charge on any atom is -0.390 e. The largest absolute Gasteiger partial charge is 0.390 e. The van der Waals surface area contributed by atoms with Crippen LogP contribution in [0.2, 0.25) is 0 Å². The van der Waals surface area contributed by atoms with E-state index in [-0.39, 0.29) is 0 Å². The van der Waals surface area contributed by atoms with Crippen LogP contribution in [0.5, 0.6) is 0 Å². The van der Waals surface area contributed by atoms with Crippen molar-refractivity contribution < 1.29 is 9.90 Å². The topological polar surface area (TPSA) is 37.3 Å². The Morgan fingerprint density at radius 1 is 1.11 bits per heavy atom. The molecule has 0 aromatic heterocycles. The van der Waals surface area contributed by atoms with Gasteiger partial charge >= 0.3 is 0 Å². The highest BCUT2D eigenvalue weighted by molar-refractivity contribution is 5.75. The predicted octanol–water partition coefficient (Wildman–Crippen LogP) is 6.08. The van der Waals surface area contributed by atoms with Crippen LogP contribution >= 0.6 is 0 Å². The van der Waals surface area contributed by atoms with E-state index < -0.39 is 5.60 Å². The van der Waals surface area contributed by atoms with Crippen molar-refractivity contribution in [3.8, 4) is 0 Å². The summed E-state index contributed by atoms with van der Waals surface area (Å²) in [5.41, 5.74) is 1.91. The van der Waals surface area contributed by atoms with E-state index >= 15 is 0 Å². The lowest BCUT2D eigenvalue weighted by atomic mass is 9.46. The summed E-state index contributed by atoms with van der Waals surface area (Å²) in [6.07, 6.45) is 15.4. The first-order chi connectivity index (χ1) is 12.7. The molecule has 4 rings (SSSR count). The second kappa shape index (κ2) is 6.71. The van der Waals surface area contributed by atoms with Crippen LogP contribution in [0, 0.1) is 34.5 Å². The quantitative estimate of drug-likeness (QED) is 0.608. The maximum Gasteiger partial charge on any atom is 0.129 e. The van der Waals surface area contributed by atoms with Gasteiger partial charge in [0.05, 0.1) is 5.60 Å². The molecule has 4 aliphatic rings. The smallest absolute Gasteiger partial charge is 0.129 e. The van der Waals surface area contributed by atoms with E-state index in [1.807, 2.05) is 6.92 Å². The Labute approximate surface area is 166 Å². The highest BCUT2D eigenvalue weighted by Gasteiger charge is 2.58. The SMILES string of the molecule is CC(=O)CCC[C@H]1CC[C@H]2[C@@H]3CC=C4C[C@@](C)(O)CC[C@]4(C)[C@H]3CC[C@]12C. The van der Waals surface area contributed by atoms with Crippen LogP contribution < -0.4 is 0 Å². The van der Waals surface area contributed by atoms with Gasteiger partial charge in [0, 0.05) is 6.42 Å². The molecule has 27 heavy (non-hydrogen) atoms. The molecule has 3 fully saturated rings. The number of aliphatic hydroxyl groups is 1. The summed E-state index contributed by atoms with van der Waals surface area (Å²) in [5.74, 6) is 3.72. The third-order valence-electron chi connectivity index (χ3n) is 9.66. The Morgan fingerprint density at radius 3 is 2.63 bits per heavy atom. The van der Waals surface area contributed by atoms with E-state index in [0.29, 0.717) is 16.6 Å². The first kappa shape index (κ1) is 19.7. The second-order valence-corrected chi connectivity index (χ2v) is 11.3. The van der Waals surface area contributed by atoms with E-state index in [4.69, 9.17) is 0 Å². The Balaban J connectivity index is 1.52. The van der Waals surface area contributed by atoms with Gasteiger partial charge in [0.1, 0.15) is 5.78 Å². The molecule has 3 saturated carbocycles. The molecule has 152 valence electrons. The predicted molar refractivity (Wildman–Crippen MR) is 110 cm³/mol. The lowest BCUT2D eigenvalue weighted by molar-refractivity contribution is -0.117. The van der Waals surface area contributed by atoms with Crippen molar-refractivity contribution in [2.75, 3.05) is 0 Å². The molecule has 0 radical (unpaired) electrons.